The zero-order valence-corrected chi connectivity index (χ0v) is 21.6. The Bertz CT molecular complexity index is 1300. The van der Waals surface area contributed by atoms with E-state index >= 15 is 0 Å². The van der Waals surface area contributed by atoms with Gasteiger partial charge >= 0.3 is 0 Å². The molecular weight excluding hydrogens is 508 g/mol. The molecule has 2 N–H and O–H groups in total. The predicted molar refractivity (Wildman–Crippen MR) is 145 cm³/mol. The second-order valence-corrected chi connectivity index (χ2v) is 10.0. The summed E-state index contributed by atoms with van der Waals surface area (Å²) in [6, 6.07) is 23.8. The van der Waals surface area contributed by atoms with Crippen molar-refractivity contribution in [3.8, 4) is 11.3 Å². The number of hydrogen-bond donors (Lipinski definition) is 1. The van der Waals surface area contributed by atoms with E-state index in [1.165, 1.54) is 37.7 Å². The molecule has 0 bridgehead atoms. The first-order valence-electron chi connectivity index (χ1n) is 11.6. The average molecular weight is 536 g/mol. The lowest BCUT2D eigenvalue weighted by molar-refractivity contribution is 0.100. The summed E-state index contributed by atoms with van der Waals surface area (Å²) in [6.07, 6.45) is 6.79. The van der Waals surface area contributed by atoms with Crippen LogP contribution in [0.5, 0.6) is 0 Å². The Balaban J connectivity index is 0.000000180. The average Bonchev–Trinajstić information content (AvgIpc) is 2.85. The van der Waals surface area contributed by atoms with Crippen LogP contribution in [-0.4, -0.2) is 10.9 Å². The maximum Gasteiger partial charge on any atom is 0.249 e. The minimum absolute atomic E-state index is 0.435. The number of rotatable bonds is 3. The second-order valence-electron chi connectivity index (χ2n) is 8.71. The van der Waals surface area contributed by atoms with Crippen LogP contribution in [-0.2, 0) is 0 Å². The Hall–Kier alpha value is -2.69. The molecule has 1 aliphatic carbocycles. The molecule has 1 aromatic heterocycles. The molecule has 1 aliphatic rings. The fraction of sp³-hybridized carbons (Fsp3) is 0.241. The highest BCUT2D eigenvalue weighted by Gasteiger charge is 2.18. The van der Waals surface area contributed by atoms with Crippen molar-refractivity contribution in [2.45, 2.75) is 44.9 Å². The Morgan fingerprint density at radius 3 is 2.32 bits per heavy atom. The van der Waals surface area contributed by atoms with E-state index in [-0.39, 0.29) is 0 Å². The van der Waals surface area contributed by atoms with E-state index in [1.54, 1.807) is 0 Å². The Morgan fingerprint density at radius 2 is 1.65 bits per heavy atom. The van der Waals surface area contributed by atoms with E-state index in [0.717, 1.165) is 43.1 Å². The molecule has 1 heterocycles. The number of amides is 1. The minimum Gasteiger partial charge on any atom is -0.366 e. The highest BCUT2D eigenvalue weighted by Crippen LogP contribution is 2.36. The minimum atomic E-state index is -0.435. The van der Waals surface area contributed by atoms with Crippen LogP contribution in [0.2, 0.25) is 5.02 Å². The summed E-state index contributed by atoms with van der Waals surface area (Å²) in [5, 5.41) is 1.73. The number of nitrogens with two attached hydrogens (primary N) is 1. The molecule has 174 valence electrons. The van der Waals surface area contributed by atoms with Gasteiger partial charge in [0.1, 0.15) is 0 Å². The molecule has 5 heteroatoms. The van der Waals surface area contributed by atoms with Gasteiger partial charge in [0.25, 0.3) is 0 Å². The zero-order chi connectivity index (χ0) is 24.1. The summed E-state index contributed by atoms with van der Waals surface area (Å²) in [6.45, 7) is 1.88. The molecule has 0 aliphatic heterocycles. The van der Waals surface area contributed by atoms with Crippen LogP contribution in [0.1, 0.15) is 59.5 Å². The highest BCUT2D eigenvalue weighted by molar-refractivity contribution is 9.10. The van der Waals surface area contributed by atoms with E-state index in [2.05, 4.69) is 28.1 Å². The van der Waals surface area contributed by atoms with Crippen molar-refractivity contribution < 1.29 is 4.79 Å². The maximum atomic E-state index is 11.9. The first-order valence-corrected chi connectivity index (χ1v) is 12.8. The van der Waals surface area contributed by atoms with Crippen LogP contribution in [0.3, 0.4) is 0 Å². The zero-order valence-electron chi connectivity index (χ0n) is 19.2. The topological polar surface area (TPSA) is 56.0 Å². The third kappa shape index (κ3) is 5.51. The van der Waals surface area contributed by atoms with Gasteiger partial charge in [0.2, 0.25) is 5.91 Å². The summed E-state index contributed by atoms with van der Waals surface area (Å²) in [7, 11) is 0. The van der Waals surface area contributed by atoms with Crippen LogP contribution >= 0.6 is 27.5 Å². The molecule has 4 aromatic rings. The lowest BCUT2D eigenvalue weighted by atomic mass is 9.84. The molecule has 0 atom stereocenters. The molecule has 3 nitrogen and oxygen atoms in total. The van der Waals surface area contributed by atoms with Crippen LogP contribution in [0.25, 0.3) is 22.2 Å². The van der Waals surface area contributed by atoms with Gasteiger partial charge in [0.05, 0.1) is 16.8 Å². The van der Waals surface area contributed by atoms with Crippen molar-refractivity contribution in [3.63, 3.8) is 0 Å². The molecule has 0 saturated heterocycles. The third-order valence-corrected chi connectivity index (χ3v) is 7.27. The number of carbonyl (C=O) groups is 1. The Morgan fingerprint density at radius 1 is 0.971 bits per heavy atom. The number of pyridine rings is 1. The van der Waals surface area contributed by atoms with Gasteiger partial charge in [-0.3, -0.25) is 4.79 Å². The maximum absolute atomic E-state index is 11.9. The number of primary amides is 1. The van der Waals surface area contributed by atoms with Gasteiger partial charge < -0.3 is 5.73 Å². The fourth-order valence-electron chi connectivity index (χ4n) is 4.75. The van der Waals surface area contributed by atoms with Crippen LogP contribution < -0.4 is 5.73 Å². The largest absolute Gasteiger partial charge is 0.366 e. The van der Waals surface area contributed by atoms with Crippen LogP contribution in [0.15, 0.2) is 77.3 Å². The fourth-order valence-corrected chi connectivity index (χ4v) is 5.40. The van der Waals surface area contributed by atoms with E-state index in [9.17, 15) is 4.79 Å². The summed E-state index contributed by atoms with van der Waals surface area (Å²) in [5.41, 5.74) is 10.8. The summed E-state index contributed by atoms with van der Waals surface area (Å²) >= 11 is 9.58. The molecular formula is C29H28BrClN2O. The molecule has 0 spiro atoms. The first-order chi connectivity index (χ1) is 16.5. The number of hydrogen-bond acceptors (Lipinski definition) is 2. The van der Waals surface area contributed by atoms with Crippen molar-refractivity contribution in [3.05, 3.63) is 99.0 Å². The molecule has 1 saturated carbocycles. The predicted octanol–water partition coefficient (Wildman–Crippen LogP) is 8.46. The summed E-state index contributed by atoms with van der Waals surface area (Å²) < 4.78 is 0.895. The number of carbonyl (C=O) groups excluding carboxylic acids is 1. The quantitative estimate of drug-likeness (QED) is 0.286. The SMILES string of the molecule is Cc1c(-c2ccccc2)nc2ccc(Br)cc2c1C(N)=O.Clc1ccccc1C1CCCCC1. The summed E-state index contributed by atoms with van der Waals surface area (Å²) in [5.74, 6) is 0.289. The smallest absolute Gasteiger partial charge is 0.249 e. The van der Waals surface area contributed by atoms with E-state index in [1.807, 2.05) is 67.6 Å². The molecule has 3 aromatic carbocycles. The van der Waals surface area contributed by atoms with Gasteiger partial charge in [0.15, 0.2) is 0 Å². The molecule has 0 radical (unpaired) electrons. The van der Waals surface area contributed by atoms with Crippen molar-refractivity contribution in [1.29, 1.82) is 0 Å². The van der Waals surface area contributed by atoms with Gasteiger partial charge in [-0.25, -0.2) is 4.98 Å². The number of halogens is 2. The van der Waals surface area contributed by atoms with Crippen LogP contribution in [0, 0.1) is 6.92 Å². The Kier molecular flexibility index (Phi) is 8.02. The van der Waals surface area contributed by atoms with Crippen molar-refractivity contribution in [2.24, 2.45) is 5.73 Å². The van der Waals surface area contributed by atoms with Crippen molar-refractivity contribution in [2.75, 3.05) is 0 Å². The second kappa shape index (κ2) is 11.2. The standard InChI is InChI=1S/C17H13BrN2O.C12H15Cl/c1-10-15(17(19)21)13-9-12(18)7-8-14(13)20-16(10)11-5-3-2-4-6-11;13-12-9-5-4-8-11(12)10-6-2-1-3-7-10/h2-9H,1H3,(H2,19,21);4-5,8-10H,1-3,6-7H2. The van der Waals surface area contributed by atoms with Crippen molar-refractivity contribution in [1.82, 2.24) is 4.98 Å². The molecule has 1 fully saturated rings. The summed E-state index contributed by atoms with van der Waals surface area (Å²) in [4.78, 5) is 16.6. The number of fused-ring (bicyclic) bond motifs is 1. The third-order valence-electron chi connectivity index (χ3n) is 6.43. The van der Waals surface area contributed by atoms with Gasteiger partial charge in [0, 0.05) is 20.4 Å². The number of nitrogens with zero attached hydrogens (tertiary/aromatic N) is 1. The molecule has 1 amide bonds. The van der Waals surface area contributed by atoms with Gasteiger partial charge in [-0.15, -0.1) is 0 Å². The monoisotopic (exact) mass is 534 g/mol. The number of benzene rings is 3. The van der Waals surface area contributed by atoms with E-state index in [0.29, 0.717) is 5.56 Å². The number of aromatic nitrogens is 1. The van der Waals surface area contributed by atoms with E-state index in [4.69, 9.17) is 22.3 Å². The molecule has 34 heavy (non-hydrogen) atoms. The van der Waals surface area contributed by atoms with Crippen LogP contribution in [0.4, 0.5) is 0 Å². The van der Waals surface area contributed by atoms with E-state index < -0.39 is 5.91 Å². The van der Waals surface area contributed by atoms with Gasteiger partial charge in [-0.2, -0.15) is 0 Å². The normalized spacial score (nSPS) is 13.9. The highest BCUT2D eigenvalue weighted by atomic mass is 79.9. The van der Waals surface area contributed by atoms with Gasteiger partial charge in [-0.05, 0) is 61.1 Å². The lowest BCUT2D eigenvalue weighted by Crippen LogP contribution is -2.14. The first kappa shape index (κ1) is 24.4. The Labute approximate surface area is 214 Å². The molecule has 0 unspecified atom stereocenters. The van der Waals surface area contributed by atoms with Gasteiger partial charge in [-0.1, -0.05) is 95.3 Å². The lowest BCUT2D eigenvalue weighted by Gasteiger charge is -2.22. The van der Waals surface area contributed by atoms with Crippen molar-refractivity contribution >= 4 is 44.3 Å². The molecule has 5 rings (SSSR count).